The minimum Gasteiger partial charge on any atom is -0.496 e. The van der Waals surface area contributed by atoms with E-state index in [1.54, 1.807) is 37.7 Å². The molecule has 0 fully saturated rings. The summed E-state index contributed by atoms with van der Waals surface area (Å²) in [5, 5.41) is 2.18. The average Bonchev–Trinajstić information content (AvgIpc) is 2.80. The second-order valence-electron chi connectivity index (χ2n) is 6.66. The van der Waals surface area contributed by atoms with Gasteiger partial charge >= 0.3 is 0 Å². The van der Waals surface area contributed by atoms with Crippen LogP contribution >= 0.6 is 23.5 Å². The van der Waals surface area contributed by atoms with Gasteiger partial charge in [-0.25, -0.2) is 0 Å². The molecule has 0 spiro atoms. The molecule has 2 rings (SSSR count). The molecular formula is C24H36O6S2. The summed E-state index contributed by atoms with van der Waals surface area (Å²) in [5.74, 6) is 3.03. The third-order valence-electron chi connectivity index (χ3n) is 4.57. The lowest BCUT2D eigenvalue weighted by atomic mass is 10.1. The Balaban J connectivity index is 2.26. The molecule has 0 N–H and O–H groups in total. The van der Waals surface area contributed by atoms with Gasteiger partial charge in [0, 0.05) is 37.9 Å². The summed E-state index contributed by atoms with van der Waals surface area (Å²) in [6, 6.07) is 8.40. The van der Waals surface area contributed by atoms with Crippen molar-refractivity contribution >= 4 is 34.3 Å². The first-order valence-corrected chi connectivity index (χ1v) is 13.0. The Hall–Kier alpha value is -1.16. The summed E-state index contributed by atoms with van der Waals surface area (Å²) in [7, 11) is 3.39. The first-order chi connectivity index (χ1) is 15.6. The van der Waals surface area contributed by atoms with Crippen LogP contribution in [0.2, 0.25) is 0 Å². The fourth-order valence-corrected chi connectivity index (χ4v) is 5.16. The predicted octanol–water partition coefficient (Wildman–Crippen LogP) is 5.84. The van der Waals surface area contributed by atoms with Crippen molar-refractivity contribution < 1.29 is 28.4 Å². The van der Waals surface area contributed by atoms with Gasteiger partial charge in [0.1, 0.15) is 11.5 Å². The van der Waals surface area contributed by atoms with Gasteiger partial charge in [-0.15, -0.1) is 23.5 Å². The third-order valence-corrected chi connectivity index (χ3v) is 6.70. The van der Waals surface area contributed by atoms with E-state index < -0.39 is 0 Å². The van der Waals surface area contributed by atoms with E-state index in [1.165, 1.54) is 0 Å². The Morgan fingerprint density at radius 3 is 1.22 bits per heavy atom. The van der Waals surface area contributed by atoms with Gasteiger partial charge in [-0.2, -0.15) is 0 Å². The maximum atomic E-state index is 5.68. The average molecular weight is 485 g/mol. The number of benzene rings is 2. The summed E-state index contributed by atoms with van der Waals surface area (Å²) in [5.41, 5.74) is 0. The van der Waals surface area contributed by atoms with Crippen molar-refractivity contribution in [2.24, 2.45) is 0 Å². The fraction of sp³-hybridized carbons (Fsp3) is 0.583. The summed E-state index contributed by atoms with van der Waals surface area (Å²) < 4.78 is 34.1. The number of hydrogen-bond donors (Lipinski definition) is 0. The molecule has 2 aromatic carbocycles. The minimum absolute atomic E-state index is 0.243. The molecule has 6 nitrogen and oxygen atoms in total. The molecule has 2 aromatic rings. The van der Waals surface area contributed by atoms with Gasteiger partial charge < -0.3 is 28.4 Å². The van der Waals surface area contributed by atoms with Gasteiger partial charge in [-0.1, -0.05) is 0 Å². The zero-order valence-electron chi connectivity index (χ0n) is 20.0. The van der Waals surface area contributed by atoms with Crippen molar-refractivity contribution in [1.29, 1.82) is 0 Å². The summed E-state index contributed by atoms with van der Waals surface area (Å²) in [4.78, 5) is 2.08. The first kappa shape index (κ1) is 27.1. The molecule has 0 saturated carbocycles. The lowest BCUT2D eigenvalue weighted by Gasteiger charge is -2.19. The lowest BCUT2D eigenvalue weighted by Crippen LogP contribution is -2.20. The van der Waals surface area contributed by atoms with Gasteiger partial charge in [-0.05, 0) is 62.7 Å². The second-order valence-corrected chi connectivity index (χ2v) is 8.78. The van der Waals surface area contributed by atoms with Crippen LogP contribution in [-0.2, 0) is 18.9 Å². The van der Waals surface area contributed by atoms with Gasteiger partial charge in [-0.3, -0.25) is 0 Å². The number of thioether (sulfide) groups is 2. The van der Waals surface area contributed by atoms with E-state index in [-0.39, 0.29) is 12.6 Å². The molecule has 0 radical (unpaired) electrons. The maximum Gasteiger partial charge on any atom is 0.166 e. The van der Waals surface area contributed by atoms with E-state index >= 15 is 0 Å². The minimum atomic E-state index is -0.243. The number of fused-ring (bicyclic) bond motifs is 1. The van der Waals surface area contributed by atoms with Crippen LogP contribution in [0.1, 0.15) is 27.7 Å². The summed E-state index contributed by atoms with van der Waals surface area (Å²) >= 11 is 3.33. The molecule has 0 aliphatic carbocycles. The van der Waals surface area contributed by atoms with Crippen LogP contribution in [0.3, 0.4) is 0 Å². The molecule has 32 heavy (non-hydrogen) atoms. The van der Waals surface area contributed by atoms with E-state index in [9.17, 15) is 0 Å². The van der Waals surface area contributed by atoms with Crippen molar-refractivity contribution in [1.82, 2.24) is 0 Å². The SMILES string of the molecule is CCOC(CSc1cc2cc(OC)c(SCC(OCC)OCC)cc2cc1OC)OCC. The standard InChI is InChI=1S/C24H36O6S2/c1-7-27-23(28-8-2)15-31-21-13-17-12-20(26-6)22(14-18(17)11-19(21)25-5)32-16-24(29-9-3)30-10-4/h11-14,23-24H,7-10,15-16H2,1-6H3. The predicted molar refractivity (Wildman–Crippen MR) is 133 cm³/mol. The van der Waals surface area contributed by atoms with Crippen molar-refractivity contribution in [3.63, 3.8) is 0 Å². The number of rotatable bonds is 16. The van der Waals surface area contributed by atoms with Gasteiger partial charge in [0.25, 0.3) is 0 Å². The van der Waals surface area contributed by atoms with Crippen molar-refractivity contribution in [3.8, 4) is 11.5 Å². The van der Waals surface area contributed by atoms with E-state index in [2.05, 4.69) is 24.3 Å². The Labute approximate surface area is 200 Å². The lowest BCUT2D eigenvalue weighted by molar-refractivity contribution is -0.120. The zero-order valence-corrected chi connectivity index (χ0v) is 21.6. The second kappa shape index (κ2) is 14.9. The summed E-state index contributed by atoms with van der Waals surface area (Å²) in [6.07, 6.45) is -0.486. The molecule has 0 atom stereocenters. The van der Waals surface area contributed by atoms with Crippen molar-refractivity contribution in [2.75, 3.05) is 52.2 Å². The fourth-order valence-electron chi connectivity index (χ4n) is 3.16. The highest BCUT2D eigenvalue weighted by molar-refractivity contribution is 7.99. The quantitative estimate of drug-likeness (QED) is 0.218. The van der Waals surface area contributed by atoms with E-state index in [0.717, 1.165) is 32.1 Å². The molecule has 8 heteroatoms. The smallest absolute Gasteiger partial charge is 0.166 e. The zero-order chi connectivity index (χ0) is 23.3. The molecule has 0 amide bonds. The van der Waals surface area contributed by atoms with E-state index in [4.69, 9.17) is 28.4 Å². The van der Waals surface area contributed by atoms with Crippen LogP contribution in [0, 0.1) is 0 Å². The van der Waals surface area contributed by atoms with Crippen LogP contribution in [0.25, 0.3) is 10.8 Å². The molecule has 0 saturated heterocycles. The third kappa shape index (κ3) is 8.01. The van der Waals surface area contributed by atoms with Crippen LogP contribution in [0.15, 0.2) is 34.1 Å². The summed E-state index contributed by atoms with van der Waals surface area (Å²) in [6.45, 7) is 10.4. The highest BCUT2D eigenvalue weighted by Crippen LogP contribution is 2.39. The number of ether oxygens (including phenoxy) is 6. The van der Waals surface area contributed by atoms with Gasteiger partial charge in [0.05, 0.1) is 24.0 Å². The van der Waals surface area contributed by atoms with E-state index in [0.29, 0.717) is 37.9 Å². The molecule has 180 valence electrons. The van der Waals surface area contributed by atoms with Gasteiger partial charge in [0.2, 0.25) is 0 Å². The van der Waals surface area contributed by atoms with Crippen LogP contribution in [-0.4, -0.2) is 64.7 Å². The molecular weight excluding hydrogens is 448 g/mol. The van der Waals surface area contributed by atoms with Crippen LogP contribution in [0.5, 0.6) is 11.5 Å². The van der Waals surface area contributed by atoms with Crippen LogP contribution in [0.4, 0.5) is 0 Å². The molecule has 0 bridgehead atoms. The van der Waals surface area contributed by atoms with Crippen molar-refractivity contribution in [3.05, 3.63) is 24.3 Å². The molecule has 0 unspecified atom stereocenters. The normalized spacial score (nSPS) is 11.6. The molecule has 0 aliphatic rings. The number of hydrogen-bond acceptors (Lipinski definition) is 8. The van der Waals surface area contributed by atoms with Crippen LogP contribution < -0.4 is 9.47 Å². The van der Waals surface area contributed by atoms with Crippen molar-refractivity contribution in [2.45, 2.75) is 50.1 Å². The number of methoxy groups -OCH3 is 2. The molecule has 0 aliphatic heterocycles. The van der Waals surface area contributed by atoms with E-state index in [1.807, 2.05) is 27.7 Å². The highest BCUT2D eigenvalue weighted by atomic mass is 32.2. The highest BCUT2D eigenvalue weighted by Gasteiger charge is 2.16. The first-order valence-electron chi connectivity index (χ1n) is 11.0. The molecule has 0 aromatic heterocycles. The monoisotopic (exact) mass is 484 g/mol. The Morgan fingerprint density at radius 2 is 0.938 bits per heavy atom. The topological polar surface area (TPSA) is 55.4 Å². The largest absolute Gasteiger partial charge is 0.496 e. The maximum absolute atomic E-state index is 5.68. The Morgan fingerprint density at radius 1 is 0.594 bits per heavy atom. The Bertz CT molecular complexity index is 737. The Kier molecular flexibility index (Phi) is 12.6. The molecule has 0 heterocycles. The van der Waals surface area contributed by atoms with Gasteiger partial charge in [0.15, 0.2) is 12.6 Å².